The molecule has 1 heterocycles. The quantitative estimate of drug-likeness (QED) is 0.647. The van der Waals surface area contributed by atoms with Crippen LogP contribution in [0.15, 0.2) is 33.7 Å². The van der Waals surface area contributed by atoms with E-state index in [1.807, 2.05) is 13.8 Å². The van der Waals surface area contributed by atoms with Crippen LogP contribution in [0.4, 0.5) is 0 Å². The van der Waals surface area contributed by atoms with Crippen molar-refractivity contribution >= 4 is 17.7 Å². The van der Waals surface area contributed by atoms with E-state index in [1.165, 1.54) is 10.5 Å². The number of hydrogen-bond donors (Lipinski definition) is 1. The van der Waals surface area contributed by atoms with Gasteiger partial charge >= 0.3 is 0 Å². The topological polar surface area (TPSA) is 55.1 Å². The maximum atomic E-state index is 12.3. The molecule has 0 bridgehead atoms. The van der Waals surface area contributed by atoms with Crippen LogP contribution in [0.5, 0.6) is 0 Å². The maximum absolute atomic E-state index is 12.3. The standard InChI is InChI=1S/C17H22N2O2S/c1-11(2)16-15(13(4)19-21-16)17(20)18-9-10-22-14-7-5-12(3)6-8-14/h5-8,11H,9-10H2,1-4H3,(H,18,20). The molecule has 4 nitrogen and oxygen atoms in total. The second-order valence-electron chi connectivity index (χ2n) is 5.58. The second kappa shape index (κ2) is 7.49. The number of amides is 1. The molecule has 1 amide bonds. The van der Waals surface area contributed by atoms with Gasteiger partial charge in [0.05, 0.1) is 5.69 Å². The molecule has 1 aromatic heterocycles. The summed E-state index contributed by atoms with van der Waals surface area (Å²) < 4.78 is 5.25. The fraction of sp³-hybridized carbons (Fsp3) is 0.412. The number of hydrogen-bond acceptors (Lipinski definition) is 4. The van der Waals surface area contributed by atoms with Crippen molar-refractivity contribution in [2.45, 2.75) is 38.5 Å². The van der Waals surface area contributed by atoms with Crippen molar-refractivity contribution in [1.29, 1.82) is 0 Å². The van der Waals surface area contributed by atoms with Crippen LogP contribution in [-0.4, -0.2) is 23.4 Å². The predicted molar refractivity (Wildman–Crippen MR) is 89.6 cm³/mol. The zero-order valence-corrected chi connectivity index (χ0v) is 14.3. The number of nitrogens with zero attached hydrogens (tertiary/aromatic N) is 1. The molecule has 0 spiro atoms. The van der Waals surface area contributed by atoms with Gasteiger partial charge in [-0.3, -0.25) is 4.79 Å². The molecule has 0 unspecified atom stereocenters. The lowest BCUT2D eigenvalue weighted by Gasteiger charge is -2.07. The van der Waals surface area contributed by atoms with E-state index in [-0.39, 0.29) is 11.8 Å². The highest BCUT2D eigenvalue weighted by Crippen LogP contribution is 2.22. The number of benzene rings is 1. The van der Waals surface area contributed by atoms with Crippen molar-refractivity contribution in [2.24, 2.45) is 0 Å². The summed E-state index contributed by atoms with van der Waals surface area (Å²) in [6.45, 7) is 8.46. The summed E-state index contributed by atoms with van der Waals surface area (Å²) >= 11 is 1.73. The molecule has 5 heteroatoms. The molecule has 0 aliphatic heterocycles. The van der Waals surface area contributed by atoms with Gasteiger partial charge in [-0.15, -0.1) is 11.8 Å². The number of thioether (sulfide) groups is 1. The fourth-order valence-electron chi connectivity index (χ4n) is 2.11. The van der Waals surface area contributed by atoms with Gasteiger partial charge in [0.25, 0.3) is 5.91 Å². The average molecular weight is 318 g/mol. The Bertz CT molecular complexity index is 633. The molecule has 0 aliphatic rings. The van der Waals surface area contributed by atoms with Crippen molar-refractivity contribution in [1.82, 2.24) is 10.5 Å². The molecule has 0 fully saturated rings. The Labute approximate surface area is 135 Å². The Morgan fingerprint density at radius 2 is 1.95 bits per heavy atom. The lowest BCUT2D eigenvalue weighted by molar-refractivity contribution is 0.0953. The summed E-state index contributed by atoms with van der Waals surface area (Å²) in [5.74, 6) is 1.52. The molecule has 0 saturated carbocycles. The third-order valence-corrected chi connectivity index (χ3v) is 4.33. The lowest BCUT2D eigenvalue weighted by atomic mass is 10.0. The van der Waals surface area contributed by atoms with Crippen LogP contribution in [0.25, 0.3) is 0 Å². The second-order valence-corrected chi connectivity index (χ2v) is 6.75. The van der Waals surface area contributed by atoms with Gasteiger partial charge in [0.1, 0.15) is 5.56 Å². The van der Waals surface area contributed by atoms with Crippen LogP contribution in [0.2, 0.25) is 0 Å². The Morgan fingerprint density at radius 1 is 1.27 bits per heavy atom. The van der Waals surface area contributed by atoms with E-state index >= 15 is 0 Å². The van der Waals surface area contributed by atoms with E-state index in [1.54, 1.807) is 18.7 Å². The number of carbonyl (C=O) groups is 1. The zero-order chi connectivity index (χ0) is 16.1. The van der Waals surface area contributed by atoms with Gasteiger partial charge in [0.15, 0.2) is 5.76 Å². The molecule has 0 radical (unpaired) electrons. The molecule has 2 aromatic rings. The van der Waals surface area contributed by atoms with Gasteiger partial charge in [-0.05, 0) is 26.0 Å². The minimum Gasteiger partial charge on any atom is -0.360 e. The molecule has 0 atom stereocenters. The van der Waals surface area contributed by atoms with Crippen LogP contribution in [0.3, 0.4) is 0 Å². The van der Waals surface area contributed by atoms with Crippen LogP contribution >= 0.6 is 11.8 Å². The van der Waals surface area contributed by atoms with Gasteiger partial charge in [-0.2, -0.15) is 0 Å². The minimum atomic E-state index is -0.105. The number of aromatic nitrogens is 1. The van der Waals surface area contributed by atoms with Crippen molar-refractivity contribution in [2.75, 3.05) is 12.3 Å². The summed E-state index contributed by atoms with van der Waals surface area (Å²) in [5, 5.41) is 6.84. The highest BCUT2D eigenvalue weighted by molar-refractivity contribution is 7.99. The van der Waals surface area contributed by atoms with E-state index in [2.05, 4.69) is 41.7 Å². The van der Waals surface area contributed by atoms with E-state index < -0.39 is 0 Å². The fourth-order valence-corrected chi connectivity index (χ4v) is 2.88. The van der Waals surface area contributed by atoms with Gasteiger partial charge in [-0.25, -0.2) is 0 Å². The predicted octanol–water partition coefficient (Wildman–Crippen LogP) is 3.94. The molecule has 22 heavy (non-hydrogen) atoms. The number of carbonyl (C=O) groups excluding carboxylic acids is 1. The molecule has 0 aliphatic carbocycles. The Balaban J connectivity index is 1.86. The first kappa shape index (κ1) is 16.6. The highest BCUT2D eigenvalue weighted by Gasteiger charge is 2.21. The van der Waals surface area contributed by atoms with E-state index in [4.69, 9.17) is 4.52 Å². The average Bonchev–Trinajstić information content (AvgIpc) is 2.87. The SMILES string of the molecule is Cc1ccc(SCCNC(=O)c2c(C)noc2C(C)C)cc1. The molecule has 0 saturated heterocycles. The zero-order valence-electron chi connectivity index (χ0n) is 13.5. The lowest BCUT2D eigenvalue weighted by Crippen LogP contribution is -2.27. The van der Waals surface area contributed by atoms with Crippen LogP contribution < -0.4 is 5.32 Å². The smallest absolute Gasteiger partial charge is 0.256 e. The first-order valence-corrected chi connectivity index (χ1v) is 8.41. The van der Waals surface area contributed by atoms with Gasteiger partial charge in [-0.1, -0.05) is 36.7 Å². The normalized spacial score (nSPS) is 11.0. The Hall–Kier alpha value is -1.75. The van der Waals surface area contributed by atoms with Crippen LogP contribution in [0.1, 0.15) is 47.1 Å². The molecular formula is C17H22N2O2S. The summed E-state index contributed by atoms with van der Waals surface area (Å²) in [6, 6.07) is 8.39. The number of rotatable bonds is 6. The van der Waals surface area contributed by atoms with Gasteiger partial charge in [0.2, 0.25) is 0 Å². The third-order valence-electron chi connectivity index (χ3n) is 3.32. The number of aryl methyl sites for hydroxylation is 2. The Morgan fingerprint density at radius 3 is 2.59 bits per heavy atom. The van der Waals surface area contributed by atoms with E-state index in [9.17, 15) is 4.79 Å². The summed E-state index contributed by atoms with van der Waals surface area (Å²) in [5.41, 5.74) is 2.48. The monoisotopic (exact) mass is 318 g/mol. The molecular weight excluding hydrogens is 296 g/mol. The maximum Gasteiger partial charge on any atom is 0.256 e. The van der Waals surface area contributed by atoms with Gasteiger partial charge in [0, 0.05) is 23.1 Å². The van der Waals surface area contributed by atoms with E-state index in [0.717, 1.165) is 5.75 Å². The summed E-state index contributed by atoms with van der Waals surface area (Å²) in [4.78, 5) is 13.5. The van der Waals surface area contributed by atoms with Crippen molar-refractivity contribution in [3.8, 4) is 0 Å². The largest absolute Gasteiger partial charge is 0.360 e. The first-order valence-electron chi connectivity index (χ1n) is 7.43. The summed E-state index contributed by atoms with van der Waals surface area (Å²) in [7, 11) is 0. The molecule has 1 N–H and O–H groups in total. The summed E-state index contributed by atoms with van der Waals surface area (Å²) in [6.07, 6.45) is 0. The van der Waals surface area contributed by atoms with Gasteiger partial charge < -0.3 is 9.84 Å². The Kier molecular flexibility index (Phi) is 5.66. The number of nitrogens with one attached hydrogen (secondary N) is 1. The minimum absolute atomic E-state index is 0.105. The molecule has 118 valence electrons. The van der Waals surface area contributed by atoms with E-state index in [0.29, 0.717) is 23.6 Å². The molecule has 1 aromatic carbocycles. The van der Waals surface area contributed by atoms with Crippen LogP contribution in [0, 0.1) is 13.8 Å². The highest BCUT2D eigenvalue weighted by atomic mass is 32.2. The van der Waals surface area contributed by atoms with Crippen LogP contribution in [-0.2, 0) is 0 Å². The van der Waals surface area contributed by atoms with Crippen molar-refractivity contribution < 1.29 is 9.32 Å². The molecule has 2 rings (SSSR count). The first-order chi connectivity index (χ1) is 10.5. The third kappa shape index (κ3) is 4.13. The van der Waals surface area contributed by atoms with Crippen molar-refractivity contribution in [3.05, 3.63) is 46.8 Å². The van der Waals surface area contributed by atoms with Crippen molar-refractivity contribution in [3.63, 3.8) is 0 Å².